The zero-order valence-electron chi connectivity index (χ0n) is 18.8. The molecule has 8 nitrogen and oxygen atoms in total. The van der Waals surface area contributed by atoms with Crippen LogP contribution in [0.25, 0.3) is 0 Å². The van der Waals surface area contributed by atoms with Crippen molar-refractivity contribution in [2.24, 2.45) is 5.92 Å². The summed E-state index contributed by atoms with van der Waals surface area (Å²) in [4.78, 5) is 31.8. The normalized spacial score (nSPS) is 18.7. The van der Waals surface area contributed by atoms with E-state index in [1.807, 2.05) is 19.1 Å². The van der Waals surface area contributed by atoms with E-state index in [1.165, 1.54) is 0 Å². The lowest BCUT2D eigenvalue weighted by Crippen LogP contribution is -2.43. The molecule has 2 amide bonds. The molecule has 1 unspecified atom stereocenters. The van der Waals surface area contributed by atoms with E-state index >= 15 is 0 Å². The van der Waals surface area contributed by atoms with Crippen LogP contribution in [0.4, 0.5) is 5.82 Å². The van der Waals surface area contributed by atoms with E-state index in [-0.39, 0.29) is 28.7 Å². The quantitative estimate of drug-likeness (QED) is 0.617. The Hall–Kier alpha value is -2.78. The number of benzene rings is 1. The highest BCUT2D eigenvalue weighted by molar-refractivity contribution is 7.89. The molecule has 2 aromatic rings. The predicted octanol–water partition coefficient (Wildman–Crippen LogP) is 2.64. The molecule has 176 valence electrons. The van der Waals surface area contributed by atoms with Crippen molar-refractivity contribution in [1.29, 1.82) is 0 Å². The molecule has 1 aromatic heterocycles. The molecule has 1 aliphatic carbocycles. The Morgan fingerprint density at radius 1 is 1.09 bits per heavy atom. The van der Waals surface area contributed by atoms with Gasteiger partial charge in [-0.2, -0.15) is 0 Å². The molecule has 2 heterocycles. The van der Waals surface area contributed by atoms with Crippen LogP contribution in [0.15, 0.2) is 47.4 Å². The van der Waals surface area contributed by atoms with Gasteiger partial charge in [-0.25, -0.2) is 18.1 Å². The minimum Gasteiger partial charge on any atom is -0.342 e. The van der Waals surface area contributed by atoms with Gasteiger partial charge in [0.2, 0.25) is 21.8 Å². The lowest BCUT2D eigenvalue weighted by molar-refractivity contribution is -0.134. The maximum atomic E-state index is 12.8. The molecule has 0 spiro atoms. The Kier molecular flexibility index (Phi) is 7.09. The number of aryl methyl sites for hydroxylation is 2. The van der Waals surface area contributed by atoms with Crippen LogP contribution in [0.5, 0.6) is 0 Å². The lowest BCUT2D eigenvalue weighted by Gasteiger charge is -2.32. The van der Waals surface area contributed by atoms with Gasteiger partial charge in [0.15, 0.2) is 0 Å². The Bertz CT molecular complexity index is 1110. The summed E-state index contributed by atoms with van der Waals surface area (Å²) in [5.74, 6) is 0.171. The summed E-state index contributed by atoms with van der Waals surface area (Å²) in [5, 5.41) is 2.86. The second-order valence-corrected chi connectivity index (χ2v) is 10.6. The maximum absolute atomic E-state index is 12.8. The molecule has 33 heavy (non-hydrogen) atoms. The fraction of sp³-hybridized carbons (Fsp3) is 0.458. The molecule has 2 aliphatic rings. The zero-order chi connectivity index (χ0) is 23.4. The van der Waals surface area contributed by atoms with Gasteiger partial charge in [0, 0.05) is 31.2 Å². The topological polar surface area (TPSA) is 108 Å². The minimum atomic E-state index is -3.47. The van der Waals surface area contributed by atoms with Gasteiger partial charge in [-0.15, -0.1) is 0 Å². The smallest absolute Gasteiger partial charge is 0.240 e. The minimum absolute atomic E-state index is 0.00767. The van der Waals surface area contributed by atoms with Crippen molar-refractivity contribution in [2.75, 3.05) is 18.4 Å². The van der Waals surface area contributed by atoms with E-state index in [4.69, 9.17) is 0 Å². The third-order valence-corrected chi connectivity index (χ3v) is 7.58. The van der Waals surface area contributed by atoms with Gasteiger partial charge in [-0.05, 0) is 68.9 Å². The standard InChI is InChI=1S/C24H30N4O4S/c1-17-4-2-6-22(25-17)26-24(30)19-5-3-15-28(16-19)23(29)14-9-18-7-12-21(13-8-18)33(31,32)27-20-10-11-20/h2,4,6-8,12-13,19-20,27H,3,5,9-11,14-16H2,1H3,(H,25,26,30). The number of rotatable bonds is 8. The highest BCUT2D eigenvalue weighted by Crippen LogP contribution is 2.23. The molecule has 0 radical (unpaired) electrons. The van der Waals surface area contributed by atoms with Crippen LogP contribution in [0.3, 0.4) is 0 Å². The summed E-state index contributed by atoms with van der Waals surface area (Å²) in [6, 6.07) is 12.2. The molecule has 0 bridgehead atoms. The Morgan fingerprint density at radius 2 is 1.85 bits per heavy atom. The Balaban J connectivity index is 1.28. The zero-order valence-corrected chi connectivity index (χ0v) is 19.6. The average Bonchev–Trinajstić information content (AvgIpc) is 3.61. The van der Waals surface area contributed by atoms with Gasteiger partial charge >= 0.3 is 0 Å². The van der Waals surface area contributed by atoms with Gasteiger partial charge in [-0.1, -0.05) is 18.2 Å². The largest absolute Gasteiger partial charge is 0.342 e. The number of aromatic nitrogens is 1. The molecule has 1 aliphatic heterocycles. The average molecular weight is 471 g/mol. The summed E-state index contributed by atoms with van der Waals surface area (Å²) in [7, 11) is -3.47. The van der Waals surface area contributed by atoms with E-state index in [9.17, 15) is 18.0 Å². The van der Waals surface area contributed by atoms with Crippen molar-refractivity contribution in [1.82, 2.24) is 14.6 Å². The van der Waals surface area contributed by atoms with Gasteiger partial charge in [0.1, 0.15) is 5.82 Å². The number of carbonyl (C=O) groups excluding carboxylic acids is 2. The molecule has 1 aromatic carbocycles. The summed E-state index contributed by atoms with van der Waals surface area (Å²) < 4.78 is 27.2. The summed E-state index contributed by atoms with van der Waals surface area (Å²) in [6.07, 6.45) is 4.15. The monoisotopic (exact) mass is 470 g/mol. The summed E-state index contributed by atoms with van der Waals surface area (Å²) in [6.45, 7) is 2.92. The number of amides is 2. The first-order valence-corrected chi connectivity index (χ1v) is 12.9. The number of piperidine rings is 1. The second-order valence-electron chi connectivity index (χ2n) is 8.87. The highest BCUT2D eigenvalue weighted by atomic mass is 32.2. The first kappa shape index (κ1) is 23.4. The molecule has 1 saturated heterocycles. The van der Waals surface area contributed by atoms with E-state index in [0.29, 0.717) is 31.7 Å². The fourth-order valence-corrected chi connectivity index (χ4v) is 5.30. The van der Waals surface area contributed by atoms with Crippen LogP contribution < -0.4 is 10.0 Å². The first-order chi connectivity index (χ1) is 15.8. The van der Waals surface area contributed by atoms with E-state index in [0.717, 1.165) is 36.9 Å². The number of carbonyl (C=O) groups is 2. The third kappa shape index (κ3) is 6.39. The van der Waals surface area contributed by atoms with Crippen molar-refractivity contribution in [3.63, 3.8) is 0 Å². The van der Waals surface area contributed by atoms with Crippen molar-refractivity contribution < 1.29 is 18.0 Å². The van der Waals surface area contributed by atoms with Gasteiger partial charge in [-0.3, -0.25) is 9.59 Å². The van der Waals surface area contributed by atoms with Crippen LogP contribution in [0.1, 0.15) is 43.4 Å². The number of likely N-dealkylation sites (tertiary alicyclic amines) is 1. The van der Waals surface area contributed by atoms with Crippen LogP contribution in [0, 0.1) is 12.8 Å². The number of sulfonamides is 1. The van der Waals surface area contributed by atoms with Crippen molar-refractivity contribution in [3.05, 3.63) is 53.7 Å². The van der Waals surface area contributed by atoms with Crippen LogP contribution in [-0.4, -0.2) is 49.2 Å². The Morgan fingerprint density at radius 3 is 2.55 bits per heavy atom. The molecule has 9 heteroatoms. The number of nitrogens with zero attached hydrogens (tertiary/aromatic N) is 2. The van der Waals surface area contributed by atoms with Crippen molar-refractivity contribution in [2.45, 2.75) is 56.4 Å². The summed E-state index contributed by atoms with van der Waals surface area (Å²) >= 11 is 0. The SMILES string of the molecule is Cc1cccc(NC(=O)C2CCCN(C(=O)CCc3ccc(S(=O)(=O)NC4CC4)cc3)C2)n1. The third-order valence-electron chi connectivity index (χ3n) is 6.04. The van der Waals surface area contributed by atoms with Crippen molar-refractivity contribution >= 4 is 27.7 Å². The van der Waals surface area contributed by atoms with E-state index < -0.39 is 10.0 Å². The molecular weight excluding hydrogens is 440 g/mol. The maximum Gasteiger partial charge on any atom is 0.240 e. The number of hydrogen-bond acceptors (Lipinski definition) is 5. The van der Waals surface area contributed by atoms with E-state index in [2.05, 4.69) is 15.0 Å². The molecular formula is C24H30N4O4S. The van der Waals surface area contributed by atoms with Crippen LogP contribution >= 0.6 is 0 Å². The fourth-order valence-electron chi connectivity index (χ4n) is 3.99. The molecule has 1 atom stereocenters. The number of anilines is 1. The van der Waals surface area contributed by atoms with Gasteiger partial charge in [0.25, 0.3) is 0 Å². The van der Waals surface area contributed by atoms with Gasteiger partial charge in [0.05, 0.1) is 10.8 Å². The first-order valence-electron chi connectivity index (χ1n) is 11.4. The van der Waals surface area contributed by atoms with Crippen LogP contribution in [0.2, 0.25) is 0 Å². The molecule has 2 fully saturated rings. The molecule has 1 saturated carbocycles. The van der Waals surface area contributed by atoms with Gasteiger partial charge < -0.3 is 10.2 Å². The lowest BCUT2D eigenvalue weighted by atomic mass is 9.96. The van der Waals surface area contributed by atoms with Crippen LogP contribution in [-0.2, 0) is 26.0 Å². The van der Waals surface area contributed by atoms with E-state index in [1.54, 1.807) is 35.2 Å². The molecule has 4 rings (SSSR count). The second kappa shape index (κ2) is 10.0. The number of hydrogen-bond donors (Lipinski definition) is 2. The van der Waals surface area contributed by atoms with Crippen molar-refractivity contribution in [3.8, 4) is 0 Å². The number of nitrogens with one attached hydrogen (secondary N) is 2. The highest BCUT2D eigenvalue weighted by Gasteiger charge is 2.29. The Labute approximate surface area is 194 Å². The number of pyridine rings is 1. The summed E-state index contributed by atoms with van der Waals surface area (Å²) in [5.41, 5.74) is 1.74. The predicted molar refractivity (Wildman–Crippen MR) is 125 cm³/mol. The molecule has 2 N–H and O–H groups in total.